The van der Waals surface area contributed by atoms with Crippen LogP contribution in [0.5, 0.6) is 0 Å². The first-order chi connectivity index (χ1) is 12.6. The molecule has 0 amide bonds. The maximum Gasteiger partial charge on any atom is 0.288 e. The van der Waals surface area contributed by atoms with E-state index >= 15 is 0 Å². The van der Waals surface area contributed by atoms with Crippen LogP contribution in [0, 0.1) is 10.1 Å². The summed E-state index contributed by atoms with van der Waals surface area (Å²) < 4.78 is 7.23. The van der Waals surface area contributed by atoms with Crippen molar-refractivity contribution in [1.82, 2.24) is 14.7 Å². The van der Waals surface area contributed by atoms with Crippen molar-refractivity contribution in [2.45, 2.75) is 0 Å². The number of nitro benzene ring substituents is 1. The van der Waals surface area contributed by atoms with Crippen LogP contribution in [0.25, 0.3) is 28.5 Å². The molecular formula is C18H11ClN4O3. The Morgan fingerprint density at radius 3 is 2.42 bits per heavy atom. The van der Waals surface area contributed by atoms with Gasteiger partial charge in [0, 0.05) is 35.3 Å². The fraction of sp³-hybridized carbons (Fsp3) is 0. The first-order valence-corrected chi connectivity index (χ1v) is 8.01. The SMILES string of the molecule is O=[N+]([O-])c1cc(-c2nc(-c3ccc(-n4cccc4)cc3)no2)ccc1Cl. The highest BCUT2D eigenvalue weighted by Gasteiger charge is 2.17. The number of nitrogens with zero attached hydrogens (tertiary/aromatic N) is 4. The third-order valence-electron chi connectivity index (χ3n) is 3.84. The Hall–Kier alpha value is -3.45. The Bertz CT molecular complexity index is 1070. The Balaban J connectivity index is 1.64. The monoisotopic (exact) mass is 366 g/mol. The normalized spacial score (nSPS) is 10.8. The van der Waals surface area contributed by atoms with Crippen LogP contribution in [0.4, 0.5) is 5.69 Å². The fourth-order valence-electron chi connectivity index (χ4n) is 2.53. The highest BCUT2D eigenvalue weighted by atomic mass is 35.5. The maximum absolute atomic E-state index is 11.0. The second-order valence-electron chi connectivity index (χ2n) is 5.48. The minimum Gasteiger partial charge on any atom is -0.334 e. The molecule has 7 nitrogen and oxygen atoms in total. The van der Waals surface area contributed by atoms with E-state index in [-0.39, 0.29) is 16.6 Å². The van der Waals surface area contributed by atoms with Gasteiger partial charge in [-0.2, -0.15) is 4.98 Å². The van der Waals surface area contributed by atoms with Crippen molar-refractivity contribution < 1.29 is 9.45 Å². The largest absolute Gasteiger partial charge is 0.334 e. The van der Waals surface area contributed by atoms with Crippen molar-refractivity contribution in [1.29, 1.82) is 0 Å². The van der Waals surface area contributed by atoms with E-state index in [0.717, 1.165) is 11.3 Å². The molecular weight excluding hydrogens is 356 g/mol. The molecule has 0 N–H and O–H groups in total. The Labute approximate surface area is 152 Å². The van der Waals surface area contributed by atoms with Crippen LogP contribution in [-0.4, -0.2) is 19.6 Å². The van der Waals surface area contributed by atoms with E-state index in [4.69, 9.17) is 16.1 Å². The van der Waals surface area contributed by atoms with Gasteiger partial charge in [-0.3, -0.25) is 10.1 Å². The van der Waals surface area contributed by atoms with E-state index in [2.05, 4.69) is 10.1 Å². The van der Waals surface area contributed by atoms with Crippen molar-refractivity contribution >= 4 is 17.3 Å². The van der Waals surface area contributed by atoms with Gasteiger partial charge in [0.2, 0.25) is 5.82 Å². The maximum atomic E-state index is 11.0. The first-order valence-electron chi connectivity index (χ1n) is 7.63. The number of hydrogen-bond donors (Lipinski definition) is 0. The first kappa shape index (κ1) is 16.0. The van der Waals surface area contributed by atoms with Crippen molar-refractivity contribution in [3.05, 3.63) is 82.1 Å². The quantitative estimate of drug-likeness (QED) is 0.384. The van der Waals surface area contributed by atoms with Gasteiger partial charge in [0.1, 0.15) is 5.02 Å². The predicted molar refractivity (Wildman–Crippen MR) is 96.2 cm³/mol. The Morgan fingerprint density at radius 2 is 1.73 bits per heavy atom. The average Bonchev–Trinajstić information content (AvgIpc) is 3.34. The molecule has 0 spiro atoms. The van der Waals surface area contributed by atoms with Gasteiger partial charge in [-0.1, -0.05) is 16.8 Å². The fourth-order valence-corrected chi connectivity index (χ4v) is 2.72. The molecule has 4 rings (SSSR count). The van der Waals surface area contributed by atoms with Gasteiger partial charge in [-0.05, 0) is 48.5 Å². The summed E-state index contributed by atoms with van der Waals surface area (Å²) in [5.41, 5.74) is 2.01. The predicted octanol–water partition coefficient (Wildman–Crippen LogP) is 4.76. The van der Waals surface area contributed by atoms with Crippen LogP contribution in [-0.2, 0) is 0 Å². The molecule has 8 heteroatoms. The lowest BCUT2D eigenvalue weighted by atomic mass is 10.2. The van der Waals surface area contributed by atoms with Crippen LogP contribution >= 0.6 is 11.6 Å². The van der Waals surface area contributed by atoms with Gasteiger partial charge in [-0.25, -0.2) is 0 Å². The zero-order valence-electron chi connectivity index (χ0n) is 13.2. The summed E-state index contributed by atoms with van der Waals surface area (Å²) in [6.07, 6.45) is 3.91. The molecule has 0 aliphatic carbocycles. The smallest absolute Gasteiger partial charge is 0.288 e. The van der Waals surface area contributed by atoms with Gasteiger partial charge in [-0.15, -0.1) is 0 Å². The number of halogens is 1. The number of nitro groups is 1. The summed E-state index contributed by atoms with van der Waals surface area (Å²) >= 11 is 5.83. The van der Waals surface area contributed by atoms with Crippen molar-refractivity contribution in [3.63, 3.8) is 0 Å². The van der Waals surface area contributed by atoms with Crippen LogP contribution in [0.2, 0.25) is 5.02 Å². The number of rotatable bonds is 4. The summed E-state index contributed by atoms with van der Waals surface area (Å²) in [5.74, 6) is 0.589. The number of benzene rings is 2. The molecule has 0 atom stereocenters. The molecule has 0 saturated carbocycles. The topological polar surface area (TPSA) is 87.0 Å². The highest BCUT2D eigenvalue weighted by Crippen LogP contribution is 2.30. The lowest BCUT2D eigenvalue weighted by Crippen LogP contribution is -1.90. The second-order valence-corrected chi connectivity index (χ2v) is 5.89. The molecule has 0 aliphatic heterocycles. The zero-order valence-corrected chi connectivity index (χ0v) is 14.0. The zero-order chi connectivity index (χ0) is 18.1. The van der Waals surface area contributed by atoms with E-state index in [1.807, 2.05) is 53.4 Å². The summed E-state index contributed by atoms with van der Waals surface area (Å²) in [4.78, 5) is 14.8. The molecule has 2 aromatic heterocycles. The van der Waals surface area contributed by atoms with Gasteiger partial charge in [0.25, 0.3) is 11.6 Å². The van der Waals surface area contributed by atoms with Gasteiger partial charge < -0.3 is 9.09 Å². The summed E-state index contributed by atoms with van der Waals surface area (Å²) in [6.45, 7) is 0. The summed E-state index contributed by atoms with van der Waals surface area (Å²) in [7, 11) is 0. The summed E-state index contributed by atoms with van der Waals surface area (Å²) in [6, 6.07) is 15.9. The molecule has 128 valence electrons. The van der Waals surface area contributed by atoms with Gasteiger partial charge in [0.15, 0.2) is 0 Å². The van der Waals surface area contributed by atoms with E-state index in [1.54, 1.807) is 6.07 Å². The second kappa shape index (κ2) is 6.45. The van der Waals surface area contributed by atoms with Crippen molar-refractivity contribution in [2.75, 3.05) is 0 Å². The molecule has 26 heavy (non-hydrogen) atoms. The van der Waals surface area contributed by atoms with Gasteiger partial charge in [0.05, 0.1) is 4.92 Å². The van der Waals surface area contributed by atoms with E-state index in [0.29, 0.717) is 11.4 Å². The summed E-state index contributed by atoms with van der Waals surface area (Å²) in [5, 5.41) is 15.0. The highest BCUT2D eigenvalue weighted by molar-refractivity contribution is 6.32. The minimum absolute atomic E-state index is 0.0547. The van der Waals surface area contributed by atoms with Crippen molar-refractivity contribution in [3.8, 4) is 28.5 Å². The molecule has 2 heterocycles. The minimum atomic E-state index is -0.552. The van der Waals surface area contributed by atoms with Gasteiger partial charge >= 0.3 is 0 Å². The molecule has 0 fully saturated rings. The van der Waals surface area contributed by atoms with Crippen LogP contribution in [0.1, 0.15) is 0 Å². The van der Waals surface area contributed by atoms with E-state index in [9.17, 15) is 10.1 Å². The standard InChI is InChI=1S/C18H11ClN4O3/c19-15-8-5-13(11-16(15)23(24)25)18-20-17(21-26-18)12-3-6-14(7-4-12)22-9-1-2-10-22/h1-11H. The van der Waals surface area contributed by atoms with E-state index < -0.39 is 4.92 Å². The third-order valence-corrected chi connectivity index (χ3v) is 4.16. The molecule has 0 bridgehead atoms. The van der Waals surface area contributed by atoms with Crippen LogP contribution in [0.3, 0.4) is 0 Å². The van der Waals surface area contributed by atoms with Crippen LogP contribution < -0.4 is 0 Å². The third kappa shape index (κ3) is 2.96. The van der Waals surface area contributed by atoms with Crippen molar-refractivity contribution in [2.24, 2.45) is 0 Å². The lowest BCUT2D eigenvalue weighted by molar-refractivity contribution is -0.384. The number of hydrogen-bond acceptors (Lipinski definition) is 5. The van der Waals surface area contributed by atoms with Crippen LogP contribution in [0.15, 0.2) is 71.5 Å². The Morgan fingerprint density at radius 1 is 1.04 bits per heavy atom. The molecule has 0 aliphatic rings. The number of aromatic nitrogens is 3. The van der Waals surface area contributed by atoms with E-state index in [1.165, 1.54) is 12.1 Å². The molecule has 4 aromatic rings. The molecule has 2 aromatic carbocycles. The average molecular weight is 367 g/mol. The Kier molecular flexibility index (Phi) is 3.98. The molecule has 0 unspecified atom stereocenters. The molecule has 0 radical (unpaired) electrons. The molecule has 0 saturated heterocycles. The lowest BCUT2D eigenvalue weighted by Gasteiger charge is -2.02.